The van der Waals surface area contributed by atoms with Crippen LogP contribution in [0.15, 0.2) is 30.3 Å². The van der Waals surface area contributed by atoms with Crippen LogP contribution in [0.3, 0.4) is 0 Å². The minimum absolute atomic E-state index is 0.323. The van der Waals surface area contributed by atoms with Crippen molar-refractivity contribution in [3.63, 3.8) is 0 Å². The molecule has 0 saturated carbocycles. The lowest BCUT2D eigenvalue weighted by atomic mass is 9.76. The SMILES string of the molecule is CC(C)(C)C1CCCN(Cc2ccccc2)C1.CC(C)(C)N1CCOCC1. The molecule has 0 bridgehead atoms. The molecule has 0 N–H and O–H groups in total. The van der Waals surface area contributed by atoms with E-state index in [9.17, 15) is 0 Å². The van der Waals surface area contributed by atoms with Crippen LogP contribution in [0.2, 0.25) is 0 Å². The summed E-state index contributed by atoms with van der Waals surface area (Å²) in [5.41, 5.74) is 2.22. The van der Waals surface area contributed by atoms with Crippen LogP contribution < -0.4 is 0 Å². The first-order valence-electron chi connectivity index (χ1n) is 10.8. The Labute approximate surface area is 168 Å². The molecule has 3 nitrogen and oxygen atoms in total. The summed E-state index contributed by atoms with van der Waals surface area (Å²) in [7, 11) is 0. The molecule has 27 heavy (non-hydrogen) atoms. The van der Waals surface area contributed by atoms with Gasteiger partial charge in [-0.05, 0) is 57.1 Å². The van der Waals surface area contributed by atoms with Gasteiger partial charge in [0.15, 0.2) is 0 Å². The Bertz CT molecular complexity index is 524. The van der Waals surface area contributed by atoms with Crippen LogP contribution in [0.1, 0.15) is 59.9 Å². The molecule has 1 unspecified atom stereocenters. The normalized spacial score (nSPS) is 22.8. The van der Waals surface area contributed by atoms with E-state index in [1.165, 1.54) is 31.5 Å². The molecule has 0 amide bonds. The molecule has 1 aromatic carbocycles. The van der Waals surface area contributed by atoms with Gasteiger partial charge in [0.1, 0.15) is 0 Å². The van der Waals surface area contributed by atoms with Crippen LogP contribution in [-0.2, 0) is 11.3 Å². The molecule has 1 atom stereocenters. The molecule has 2 aliphatic heterocycles. The average Bonchev–Trinajstić information content (AvgIpc) is 2.63. The second-order valence-electron chi connectivity index (χ2n) is 10.2. The molecule has 0 radical (unpaired) electrons. The zero-order valence-electron chi connectivity index (χ0n) is 18.6. The molecular formula is C24H42N2O. The van der Waals surface area contributed by atoms with E-state index >= 15 is 0 Å². The molecule has 3 heteroatoms. The molecule has 1 aromatic rings. The predicted octanol–water partition coefficient (Wildman–Crippen LogP) is 5.06. The number of benzene rings is 1. The average molecular weight is 375 g/mol. The number of nitrogens with zero attached hydrogens (tertiary/aromatic N) is 2. The molecule has 2 fully saturated rings. The van der Waals surface area contributed by atoms with E-state index in [1.54, 1.807) is 0 Å². The van der Waals surface area contributed by atoms with E-state index in [0.717, 1.165) is 38.8 Å². The van der Waals surface area contributed by atoms with Crippen LogP contribution in [0.4, 0.5) is 0 Å². The lowest BCUT2D eigenvalue weighted by molar-refractivity contribution is -0.00389. The van der Waals surface area contributed by atoms with Crippen molar-refractivity contribution in [2.24, 2.45) is 11.3 Å². The Balaban J connectivity index is 0.000000223. The molecule has 2 saturated heterocycles. The van der Waals surface area contributed by atoms with Gasteiger partial charge >= 0.3 is 0 Å². The van der Waals surface area contributed by atoms with E-state index in [0.29, 0.717) is 11.0 Å². The minimum Gasteiger partial charge on any atom is -0.379 e. The van der Waals surface area contributed by atoms with Gasteiger partial charge in [0.2, 0.25) is 0 Å². The Hall–Kier alpha value is -0.900. The molecule has 3 rings (SSSR count). The van der Waals surface area contributed by atoms with E-state index in [-0.39, 0.29) is 0 Å². The van der Waals surface area contributed by atoms with Gasteiger partial charge in [-0.3, -0.25) is 9.80 Å². The highest BCUT2D eigenvalue weighted by Gasteiger charge is 2.29. The van der Waals surface area contributed by atoms with Crippen LogP contribution in [0, 0.1) is 11.3 Å². The molecule has 0 aromatic heterocycles. The fourth-order valence-electron chi connectivity index (χ4n) is 3.98. The fraction of sp³-hybridized carbons (Fsp3) is 0.750. The smallest absolute Gasteiger partial charge is 0.0594 e. The third kappa shape index (κ3) is 7.93. The van der Waals surface area contributed by atoms with E-state index < -0.39 is 0 Å². The number of morpholine rings is 1. The van der Waals surface area contributed by atoms with Gasteiger partial charge in [0.05, 0.1) is 13.2 Å². The van der Waals surface area contributed by atoms with Crippen molar-refractivity contribution in [3.05, 3.63) is 35.9 Å². The number of ether oxygens (including phenoxy) is 1. The topological polar surface area (TPSA) is 15.7 Å². The minimum atomic E-state index is 0.323. The first kappa shape index (κ1) is 22.4. The number of piperidine rings is 1. The van der Waals surface area contributed by atoms with Gasteiger partial charge in [-0.2, -0.15) is 0 Å². The van der Waals surface area contributed by atoms with Gasteiger partial charge in [-0.15, -0.1) is 0 Å². The molecule has 0 spiro atoms. The Kier molecular flexibility index (Phi) is 8.33. The van der Waals surface area contributed by atoms with Gasteiger partial charge in [-0.25, -0.2) is 0 Å². The maximum absolute atomic E-state index is 5.25. The highest BCUT2D eigenvalue weighted by molar-refractivity contribution is 5.14. The Morgan fingerprint density at radius 1 is 0.926 bits per heavy atom. The maximum Gasteiger partial charge on any atom is 0.0594 e. The lowest BCUT2D eigenvalue weighted by Gasteiger charge is -2.39. The Morgan fingerprint density at radius 3 is 2.07 bits per heavy atom. The second kappa shape index (κ2) is 10.0. The summed E-state index contributed by atoms with van der Waals surface area (Å²) in [5, 5.41) is 0. The highest BCUT2D eigenvalue weighted by atomic mass is 16.5. The van der Waals surface area contributed by atoms with Gasteiger partial charge in [-0.1, -0.05) is 51.1 Å². The number of rotatable bonds is 2. The van der Waals surface area contributed by atoms with E-state index in [4.69, 9.17) is 4.74 Å². The van der Waals surface area contributed by atoms with Crippen molar-refractivity contribution in [1.82, 2.24) is 9.80 Å². The summed E-state index contributed by atoms with van der Waals surface area (Å²) in [6.07, 6.45) is 2.75. The lowest BCUT2D eigenvalue weighted by Crippen LogP contribution is -2.47. The first-order chi connectivity index (χ1) is 12.7. The summed E-state index contributed by atoms with van der Waals surface area (Å²) in [6.45, 7) is 21.5. The largest absolute Gasteiger partial charge is 0.379 e. The van der Waals surface area contributed by atoms with Crippen molar-refractivity contribution in [2.75, 3.05) is 39.4 Å². The van der Waals surface area contributed by atoms with Gasteiger partial charge in [0.25, 0.3) is 0 Å². The maximum atomic E-state index is 5.25. The van der Waals surface area contributed by atoms with Crippen molar-refractivity contribution >= 4 is 0 Å². The van der Waals surface area contributed by atoms with E-state index in [1.807, 2.05) is 0 Å². The summed E-state index contributed by atoms with van der Waals surface area (Å²) >= 11 is 0. The zero-order chi connectivity index (χ0) is 19.9. The van der Waals surface area contributed by atoms with E-state index in [2.05, 4.69) is 81.7 Å². The summed E-state index contributed by atoms with van der Waals surface area (Å²) in [5.74, 6) is 0.847. The standard InChI is InChI=1S/C16H25N.C8H17NO/c1-16(2,3)15-10-7-11-17(13-15)12-14-8-5-4-6-9-14;1-8(2,3)9-4-6-10-7-5-9/h4-6,8-9,15H,7,10-13H2,1-3H3;4-7H2,1-3H3. The van der Waals surface area contributed by atoms with Crippen LogP contribution >= 0.6 is 0 Å². The molecular weight excluding hydrogens is 332 g/mol. The third-order valence-corrected chi connectivity index (χ3v) is 5.94. The van der Waals surface area contributed by atoms with Crippen molar-refractivity contribution < 1.29 is 4.74 Å². The summed E-state index contributed by atoms with van der Waals surface area (Å²) in [6, 6.07) is 10.8. The predicted molar refractivity (Wildman–Crippen MR) is 116 cm³/mol. The van der Waals surface area contributed by atoms with Crippen molar-refractivity contribution in [2.45, 2.75) is 66.5 Å². The first-order valence-corrected chi connectivity index (χ1v) is 10.8. The number of likely N-dealkylation sites (tertiary alicyclic amines) is 1. The summed E-state index contributed by atoms with van der Waals surface area (Å²) < 4.78 is 5.25. The van der Waals surface area contributed by atoms with Crippen LogP contribution in [0.5, 0.6) is 0 Å². The number of hydrogen-bond donors (Lipinski definition) is 0. The molecule has 154 valence electrons. The summed E-state index contributed by atoms with van der Waals surface area (Å²) in [4.78, 5) is 5.07. The quantitative estimate of drug-likeness (QED) is 0.719. The molecule has 2 heterocycles. The number of hydrogen-bond acceptors (Lipinski definition) is 3. The fourth-order valence-corrected chi connectivity index (χ4v) is 3.98. The van der Waals surface area contributed by atoms with Crippen LogP contribution in [0.25, 0.3) is 0 Å². The third-order valence-electron chi connectivity index (χ3n) is 5.94. The van der Waals surface area contributed by atoms with Crippen molar-refractivity contribution in [1.29, 1.82) is 0 Å². The molecule has 2 aliphatic rings. The zero-order valence-corrected chi connectivity index (χ0v) is 18.6. The highest BCUT2D eigenvalue weighted by Crippen LogP contribution is 2.33. The van der Waals surface area contributed by atoms with Gasteiger partial charge < -0.3 is 4.74 Å². The van der Waals surface area contributed by atoms with Crippen molar-refractivity contribution in [3.8, 4) is 0 Å². The monoisotopic (exact) mass is 374 g/mol. The second-order valence-corrected chi connectivity index (χ2v) is 10.2. The van der Waals surface area contributed by atoms with Crippen LogP contribution in [-0.4, -0.2) is 54.7 Å². The molecule has 0 aliphatic carbocycles. The Morgan fingerprint density at radius 2 is 1.56 bits per heavy atom. The van der Waals surface area contributed by atoms with Gasteiger partial charge in [0, 0.05) is 31.7 Å².